The van der Waals surface area contributed by atoms with Crippen molar-refractivity contribution in [2.75, 3.05) is 32.7 Å². The zero-order valence-electron chi connectivity index (χ0n) is 11.0. The van der Waals surface area contributed by atoms with Crippen molar-refractivity contribution in [2.45, 2.75) is 6.54 Å². The lowest BCUT2D eigenvalue weighted by atomic mass is 10.2. The molecule has 0 unspecified atom stereocenters. The van der Waals surface area contributed by atoms with Crippen LogP contribution >= 0.6 is 0 Å². The number of imidazole rings is 1. The topological polar surface area (TPSA) is 46.0 Å². The number of aromatic nitrogens is 3. The van der Waals surface area contributed by atoms with Gasteiger partial charge in [-0.05, 0) is 12.1 Å². The molecule has 0 aliphatic carbocycles. The fourth-order valence-corrected chi connectivity index (χ4v) is 2.44. The second-order valence-corrected chi connectivity index (χ2v) is 4.81. The van der Waals surface area contributed by atoms with Gasteiger partial charge in [0.25, 0.3) is 0 Å². The SMILES string of the molecule is c1cncc(-c2cncn2CCN2CCNCC2)c1. The molecule has 5 heteroatoms. The fourth-order valence-electron chi connectivity index (χ4n) is 2.44. The molecule has 0 saturated carbocycles. The summed E-state index contributed by atoms with van der Waals surface area (Å²) >= 11 is 0. The van der Waals surface area contributed by atoms with Crippen molar-refractivity contribution < 1.29 is 0 Å². The van der Waals surface area contributed by atoms with Crippen LogP contribution in [0.15, 0.2) is 37.1 Å². The number of hydrogen-bond acceptors (Lipinski definition) is 4. The highest BCUT2D eigenvalue weighted by Crippen LogP contribution is 2.17. The number of nitrogens with one attached hydrogen (secondary N) is 1. The van der Waals surface area contributed by atoms with Crippen LogP contribution in [0.1, 0.15) is 0 Å². The molecule has 0 amide bonds. The molecule has 1 aliphatic rings. The highest BCUT2D eigenvalue weighted by atomic mass is 15.2. The average Bonchev–Trinajstić information content (AvgIpc) is 2.95. The number of hydrogen-bond donors (Lipinski definition) is 1. The standard InChI is InChI=1S/C14H19N5/c1-2-13(10-16-3-1)14-11-17-12-19(14)9-8-18-6-4-15-5-7-18/h1-3,10-12,15H,4-9H2. The predicted octanol–water partition coefficient (Wildman–Crippen LogP) is 0.850. The molecule has 1 N–H and O–H groups in total. The van der Waals surface area contributed by atoms with E-state index in [0.29, 0.717) is 0 Å². The summed E-state index contributed by atoms with van der Waals surface area (Å²) in [6.45, 7) is 6.52. The monoisotopic (exact) mass is 257 g/mol. The van der Waals surface area contributed by atoms with Gasteiger partial charge in [-0.25, -0.2) is 4.98 Å². The lowest BCUT2D eigenvalue weighted by Gasteiger charge is -2.27. The van der Waals surface area contributed by atoms with E-state index in [1.165, 1.54) is 0 Å². The average molecular weight is 257 g/mol. The lowest BCUT2D eigenvalue weighted by Crippen LogP contribution is -2.44. The van der Waals surface area contributed by atoms with Crippen LogP contribution in [0.2, 0.25) is 0 Å². The van der Waals surface area contributed by atoms with Crippen LogP contribution < -0.4 is 5.32 Å². The quantitative estimate of drug-likeness (QED) is 0.882. The van der Waals surface area contributed by atoms with Crippen LogP contribution in [0.4, 0.5) is 0 Å². The van der Waals surface area contributed by atoms with Gasteiger partial charge in [-0.15, -0.1) is 0 Å². The summed E-state index contributed by atoms with van der Waals surface area (Å²) in [7, 11) is 0. The molecule has 19 heavy (non-hydrogen) atoms. The normalized spacial score (nSPS) is 16.6. The zero-order chi connectivity index (χ0) is 12.9. The Morgan fingerprint density at radius 3 is 2.79 bits per heavy atom. The zero-order valence-corrected chi connectivity index (χ0v) is 11.0. The van der Waals surface area contributed by atoms with Crippen LogP contribution in [0.5, 0.6) is 0 Å². The third-order valence-electron chi connectivity index (χ3n) is 3.54. The Hall–Kier alpha value is -1.72. The fraction of sp³-hybridized carbons (Fsp3) is 0.429. The van der Waals surface area contributed by atoms with E-state index in [1.807, 2.05) is 24.8 Å². The number of rotatable bonds is 4. The Morgan fingerprint density at radius 1 is 1.11 bits per heavy atom. The Bertz CT molecular complexity index is 502. The van der Waals surface area contributed by atoms with Crippen molar-refractivity contribution in [3.8, 4) is 11.3 Å². The summed E-state index contributed by atoms with van der Waals surface area (Å²) < 4.78 is 2.21. The first-order valence-electron chi connectivity index (χ1n) is 6.77. The van der Waals surface area contributed by atoms with E-state index in [4.69, 9.17) is 0 Å². The molecule has 1 fully saturated rings. The first kappa shape index (κ1) is 12.3. The largest absolute Gasteiger partial charge is 0.329 e. The summed E-state index contributed by atoms with van der Waals surface area (Å²) in [6.07, 6.45) is 7.50. The highest BCUT2D eigenvalue weighted by molar-refractivity contribution is 5.57. The smallest absolute Gasteiger partial charge is 0.0951 e. The summed E-state index contributed by atoms with van der Waals surface area (Å²) in [5, 5.41) is 3.38. The van der Waals surface area contributed by atoms with Gasteiger partial charge < -0.3 is 9.88 Å². The van der Waals surface area contributed by atoms with Gasteiger partial charge in [0, 0.05) is 57.2 Å². The molecule has 1 saturated heterocycles. The van der Waals surface area contributed by atoms with Gasteiger partial charge in [0.15, 0.2) is 0 Å². The Balaban J connectivity index is 1.67. The van der Waals surface area contributed by atoms with E-state index in [0.717, 1.165) is 50.5 Å². The van der Waals surface area contributed by atoms with Crippen LogP contribution in [-0.4, -0.2) is 52.2 Å². The van der Waals surface area contributed by atoms with Gasteiger partial charge >= 0.3 is 0 Å². The van der Waals surface area contributed by atoms with Gasteiger partial charge in [-0.1, -0.05) is 0 Å². The third kappa shape index (κ3) is 3.00. The first-order valence-corrected chi connectivity index (χ1v) is 6.77. The van der Waals surface area contributed by atoms with E-state index < -0.39 is 0 Å². The number of nitrogens with zero attached hydrogens (tertiary/aromatic N) is 4. The van der Waals surface area contributed by atoms with Crippen molar-refractivity contribution in [3.05, 3.63) is 37.1 Å². The minimum Gasteiger partial charge on any atom is -0.329 e. The molecule has 0 radical (unpaired) electrons. The second-order valence-electron chi connectivity index (χ2n) is 4.81. The molecule has 100 valence electrons. The van der Waals surface area contributed by atoms with Crippen molar-refractivity contribution in [1.29, 1.82) is 0 Å². The van der Waals surface area contributed by atoms with Crippen molar-refractivity contribution in [1.82, 2.24) is 24.8 Å². The van der Waals surface area contributed by atoms with Gasteiger partial charge in [0.2, 0.25) is 0 Å². The molecular formula is C14H19N5. The summed E-state index contributed by atoms with van der Waals surface area (Å²) in [4.78, 5) is 10.9. The van der Waals surface area contributed by atoms with Crippen molar-refractivity contribution in [3.63, 3.8) is 0 Å². The maximum Gasteiger partial charge on any atom is 0.0951 e. The molecule has 0 spiro atoms. The van der Waals surface area contributed by atoms with E-state index >= 15 is 0 Å². The predicted molar refractivity (Wildman–Crippen MR) is 74.8 cm³/mol. The summed E-state index contributed by atoms with van der Waals surface area (Å²) in [5.41, 5.74) is 2.27. The number of piperazine rings is 1. The van der Waals surface area contributed by atoms with Gasteiger partial charge in [0.05, 0.1) is 18.2 Å². The Kier molecular flexibility index (Phi) is 3.86. The molecule has 2 aromatic heterocycles. The summed E-state index contributed by atoms with van der Waals surface area (Å²) in [6, 6.07) is 4.04. The van der Waals surface area contributed by atoms with Crippen molar-refractivity contribution >= 4 is 0 Å². The molecule has 0 bridgehead atoms. The van der Waals surface area contributed by atoms with Crippen molar-refractivity contribution in [2.24, 2.45) is 0 Å². The molecule has 3 heterocycles. The van der Waals surface area contributed by atoms with Crippen LogP contribution in [-0.2, 0) is 6.54 Å². The van der Waals surface area contributed by atoms with Gasteiger partial charge in [-0.3, -0.25) is 9.88 Å². The minimum absolute atomic E-state index is 0.976. The van der Waals surface area contributed by atoms with E-state index in [-0.39, 0.29) is 0 Å². The van der Waals surface area contributed by atoms with E-state index in [2.05, 4.69) is 30.8 Å². The first-order chi connectivity index (χ1) is 9.43. The molecule has 0 aromatic carbocycles. The van der Waals surface area contributed by atoms with Crippen LogP contribution in [0, 0.1) is 0 Å². The maximum absolute atomic E-state index is 4.27. The second kappa shape index (κ2) is 5.95. The summed E-state index contributed by atoms with van der Waals surface area (Å²) in [5.74, 6) is 0. The lowest BCUT2D eigenvalue weighted by molar-refractivity contribution is 0.233. The van der Waals surface area contributed by atoms with E-state index in [1.54, 1.807) is 6.20 Å². The Labute approximate surface area is 113 Å². The Morgan fingerprint density at radius 2 is 2.00 bits per heavy atom. The molecule has 3 rings (SSSR count). The molecule has 1 aliphatic heterocycles. The van der Waals surface area contributed by atoms with Crippen LogP contribution in [0.25, 0.3) is 11.3 Å². The van der Waals surface area contributed by atoms with Gasteiger partial charge in [-0.2, -0.15) is 0 Å². The highest BCUT2D eigenvalue weighted by Gasteiger charge is 2.10. The maximum atomic E-state index is 4.27. The molecular weight excluding hydrogens is 238 g/mol. The van der Waals surface area contributed by atoms with E-state index in [9.17, 15) is 0 Å². The minimum atomic E-state index is 0.976. The molecule has 5 nitrogen and oxygen atoms in total. The van der Waals surface area contributed by atoms with Gasteiger partial charge in [0.1, 0.15) is 0 Å². The molecule has 2 aromatic rings. The third-order valence-corrected chi connectivity index (χ3v) is 3.54. The number of pyridine rings is 1. The van der Waals surface area contributed by atoms with Crippen LogP contribution in [0.3, 0.4) is 0 Å². The molecule has 0 atom stereocenters.